The van der Waals surface area contributed by atoms with Gasteiger partial charge in [0, 0.05) is 23.5 Å². The zero-order chi connectivity index (χ0) is 16.4. The summed E-state index contributed by atoms with van der Waals surface area (Å²) in [5.74, 6) is -2.37. The van der Waals surface area contributed by atoms with Gasteiger partial charge < -0.3 is 5.32 Å². The quantitative estimate of drug-likeness (QED) is 0.776. The van der Waals surface area contributed by atoms with Gasteiger partial charge in [-0.05, 0) is 12.1 Å². The molecule has 118 valence electrons. The predicted octanol–water partition coefficient (Wildman–Crippen LogP) is 1.18. The lowest BCUT2D eigenvalue weighted by Crippen LogP contribution is -2.29. The van der Waals surface area contributed by atoms with Gasteiger partial charge in [-0.15, -0.1) is 0 Å². The molecule has 0 saturated heterocycles. The molecule has 0 saturated carbocycles. The van der Waals surface area contributed by atoms with Gasteiger partial charge in [0.1, 0.15) is 15.7 Å². The van der Waals surface area contributed by atoms with Gasteiger partial charge in [0.25, 0.3) is 15.0 Å². The normalized spacial score (nSPS) is 12.2. The van der Waals surface area contributed by atoms with Gasteiger partial charge >= 0.3 is 0 Å². The van der Waals surface area contributed by atoms with Gasteiger partial charge in [-0.2, -0.15) is 0 Å². The summed E-state index contributed by atoms with van der Waals surface area (Å²) in [6.45, 7) is -0.229. The van der Waals surface area contributed by atoms with E-state index in [0.717, 1.165) is 12.3 Å². The smallest absolute Gasteiger partial charge is 0.261 e. The van der Waals surface area contributed by atoms with Gasteiger partial charge in [-0.1, -0.05) is 11.6 Å². The van der Waals surface area contributed by atoms with E-state index < -0.39 is 46.1 Å². The van der Waals surface area contributed by atoms with Crippen LogP contribution in [0.25, 0.3) is 0 Å². The maximum atomic E-state index is 13.5. The molecule has 0 atom stereocenters. The molecule has 0 bridgehead atoms. The highest BCUT2D eigenvalue weighted by Crippen LogP contribution is 2.26. The van der Waals surface area contributed by atoms with Crippen molar-refractivity contribution in [2.75, 3.05) is 18.6 Å². The molecule has 0 radical (unpaired) electrons. The number of rotatable bonds is 5. The van der Waals surface area contributed by atoms with Crippen LogP contribution < -0.4 is 5.32 Å². The largest absolute Gasteiger partial charge is 0.351 e. The zero-order valence-electron chi connectivity index (χ0n) is 10.6. The van der Waals surface area contributed by atoms with Crippen LogP contribution in [0.5, 0.6) is 0 Å². The number of hydrogen-bond donors (Lipinski definition) is 1. The highest BCUT2D eigenvalue weighted by molar-refractivity contribution is 8.13. The van der Waals surface area contributed by atoms with Gasteiger partial charge in [-0.25, -0.2) is 21.2 Å². The third-order valence-electron chi connectivity index (χ3n) is 2.29. The molecule has 1 rings (SSSR count). The molecular formula is C10H10Cl2FNO5S2. The number of hydrogen-bond acceptors (Lipinski definition) is 5. The molecule has 0 fully saturated rings. The summed E-state index contributed by atoms with van der Waals surface area (Å²) in [5.41, 5.74) is -0.454. The third-order valence-corrected chi connectivity index (χ3v) is 4.95. The maximum absolute atomic E-state index is 13.5. The third kappa shape index (κ3) is 5.42. The number of sulfone groups is 1. The standard InChI is InChI=1S/C10H10Cl2FNO5S2/c1-20(16,17)3-2-14-10(15)7-4-6(21(12,18)19)5-8(13)9(7)11/h4-5H,2-3H2,1H3,(H,14,15). The summed E-state index contributed by atoms with van der Waals surface area (Å²) in [4.78, 5) is 11.2. The molecule has 21 heavy (non-hydrogen) atoms. The first-order chi connectivity index (χ1) is 9.42. The first kappa shape index (κ1) is 18.1. The van der Waals surface area contributed by atoms with Crippen LogP contribution in [0, 0.1) is 5.82 Å². The molecule has 0 aliphatic rings. The second-order valence-electron chi connectivity index (χ2n) is 4.09. The monoisotopic (exact) mass is 377 g/mol. The summed E-state index contributed by atoms with van der Waals surface area (Å²) >= 11 is 5.59. The van der Waals surface area contributed by atoms with Gasteiger partial charge in [0.15, 0.2) is 0 Å². The first-order valence-electron chi connectivity index (χ1n) is 5.31. The average molecular weight is 378 g/mol. The highest BCUT2D eigenvalue weighted by atomic mass is 35.7. The van der Waals surface area contributed by atoms with Crippen LogP contribution in [0.3, 0.4) is 0 Å². The molecule has 0 unspecified atom stereocenters. The number of halogens is 3. The first-order valence-corrected chi connectivity index (χ1v) is 10.1. The topological polar surface area (TPSA) is 97.4 Å². The van der Waals surface area contributed by atoms with Crippen molar-refractivity contribution >= 4 is 47.1 Å². The Kier molecular flexibility index (Phi) is 5.59. The zero-order valence-corrected chi connectivity index (χ0v) is 13.7. The molecule has 11 heteroatoms. The molecule has 1 amide bonds. The summed E-state index contributed by atoms with van der Waals surface area (Å²) < 4.78 is 57.7. The van der Waals surface area contributed by atoms with Crippen molar-refractivity contribution in [2.45, 2.75) is 4.90 Å². The van der Waals surface area contributed by atoms with E-state index in [1.54, 1.807) is 0 Å². The Hall–Kier alpha value is -0.900. The van der Waals surface area contributed by atoms with E-state index in [0.29, 0.717) is 6.07 Å². The van der Waals surface area contributed by atoms with E-state index >= 15 is 0 Å². The molecule has 0 heterocycles. The number of carbonyl (C=O) groups excluding carboxylic acids is 1. The molecule has 1 aromatic rings. The second kappa shape index (κ2) is 6.47. The van der Waals surface area contributed by atoms with E-state index in [-0.39, 0.29) is 12.3 Å². The Morgan fingerprint density at radius 3 is 2.33 bits per heavy atom. The van der Waals surface area contributed by atoms with Gasteiger partial charge in [0.05, 0.1) is 21.2 Å². The minimum Gasteiger partial charge on any atom is -0.351 e. The SMILES string of the molecule is CS(=O)(=O)CCNC(=O)c1cc(S(=O)(=O)Cl)cc(F)c1Cl. The summed E-state index contributed by atoms with van der Waals surface area (Å²) in [7, 11) is -2.46. The fourth-order valence-electron chi connectivity index (χ4n) is 1.32. The number of carbonyl (C=O) groups is 1. The number of amides is 1. The maximum Gasteiger partial charge on any atom is 0.261 e. The Labute approximate surface area is 130 Å². The Morgan fingerprint density at radius 1 is 1.29 bits per heavy atom. The molecule has 0 spiro atoms. The van der Waals surface area contributed by atoms with Crippen molar-refractivity contribution in [1.29, 1.82) is 0 Å². The molecule has 0 aromatic heterocycles. The lowest BCUT2D eigenvalue weighted by Gasteiger charge is -2.08. The Bertz CT molecular complexity index is 777. The van der Waals surface area contributed by atoms with E-state index in [9.17, 15) is 26.0 Å². The van der Waals surface area contributed by atoms with Crippen molar-refractivity contribution in [3.8, 4) is 0 Å². The molecular weight excluding hydrogens is 368 g/mol. The molecule has 1 N–H and O–H groups in total. The highest BCUT2D eigenvalue weighted by Gasteiger charge is 2.20. The van der Waals surface area contributed by atoms with Crippen LogP contribution in [0.4, 0.5) is 4.39 Å². The summed E-state index contributed by atoms with van der Waals surface area (Å²) in [5, 5.41) is 1.61. The van der Waals surface area contributed by atoms with Crippen LogP contribution in [0.1, 0.15) is 10.4 Å². The van der Waals surface area contributed by atoms with E-state index in [4.69, 9.17) is 22.3 Å². The van der Waals surface area contributed by atoms with Crippen molar-refractivity contribution in [3.05, 3.63) is 28.5 Å². The van der Waals surface area contributed by atoms with E-state index in [2.05, 4.69) is 5.32 Å². The minimum atomic E-state index is -4.24. The van der Waals surface area contributed by atoms with Crippen molar-refractivity contribution < 1.29 is 26.0 Å². The van der Waals surface area contributed by atoms with Crippen molar-refractivity contribution in [1.82, 2.24) is 5.32 Å². The van der Waals surface area contributed by atoms with Crippen LogP contribution in [0.2, 0.25) is 5.02 Å². The predicted molar refractivity (Wildman–Crippen MR) is 76.5 cm³/mol. The molecule has 1 aromatic carbocycles. The van der Waals surface area contributed by atoms with Gasteiger partial charge in [0.2, 0.25) is 0 Å². The fourth-order valence-corrected chi connectivity index (χ4v) is 2.75. The van der Waals surface area contributed by atoms with Crippen LogP contribution in [-0.4, -0.2) is 41.3 Å². The average Bonchev–Trinajstić information content (AvgIpc) is 2.29. The van der Waals surface area contributed by atoms with E-state index in [1.807, 2.05) is 0 Å². The lowest BCUT2D eigenvalue weighted by molar-refractivity contribution is 0.0955. The lowest BCUT2D eigenvalue weighted by atomic mass is 10.2. The summed E-state index contributed by atoms with van der Waals surface area (Å²) in [6.07, 6.45) is 0.979. The fraction of sp³-hybridized carbons (Fsp3) is 0.300. The number of benzene rings is 1. The van der Waals surface area contributed by atoms with Crippen molar-refractivity contribution in [3.63, 3.8) is 0 Å². The number of nitrogens with one attached hydrogen (secondary N) is 1. The van der Waals surface area contributed by atoms with Gasteiger partial charge in [-0.3, -0.25) is 4.79 Å². The van der Waals surface area contributed by atoms with Crippen molar-refractivity contribution in [2.24, 2.45) is 0 Å². The Morgan fingerprint density at radius 2 is 1.86 bits per heavy atom. The molecule has 0 aliphatic heterocycles. The molecule has 6 nitrogen and oxygen atoms in total. The Balaban J connectivity index is 3.07. The second-order valence-corrected chi connectivity index (χ2v) is 9.29. The van der Waals surface area contributed by atoms with Crippen LogP contribution >= 0.6 is 22.3 Å². The minimum absolute atomic E-state index is 0.229. The molecule has 0 aliphatic carbocycles. The van der Waals surface area contributed by atoms with Crippen LogP contribution in [0.15, 0.2) is 17.0 Å². The van der Waals surface area contributed by atoms with E-state index in [1.165, 1.54) is 0 Å². The summed E-state index contributed by atoms with van der Waals surface area (Å²) in [6, 6.07) is 1.39. The van der Waals surface area contributed by atoms with Crippen LogP contribution in [-0.2, 0) is 18.9 Å².